The van der Waals surface area contributed by atoms with Crippen molar-refractivity contribution in [3.63, 3.8) is 0 Å². The number of carbonyl (C=O) groups is 2. The molecule has 0 aromatic carbocycles. The third-order valence-electron chi connectivity index (χ3n) is 4.20. The summed E-state index contributed by atoms with van der Waals surface area (Å²) in [6, 6.07) is -0.240. The normalized spacial score (nSPS) is 28.3. The second kappa shape index (κ2) is 6.34. The molecule has 2 rings (SSSR count). The molecule has 0 bridgehead atoms. The van der Waals surface area contributed by atoms with Gasteiger partial charge in [0.25, 0.3) is 0 Å². The Morgan fingerprint density at radius 1 is 1.43 bits per heavy atom. The molecule has 2 unspecified atom stereocenters. The highest BCUT2D eigenvalue weighted by atomic mass is 32.2. The Morgan fingerprint density at radius 3 is 2.71 bits per heavy atom. The standard InChI is InChI=1S/C14H24N2O4S/c1-10(2)3-5-15-14(18)11-7-13(17)16(8-11)12-4-6-21(19,20)9-12/h10-12H,3-9H2,1-2H3,(H,15,18). The number of nitrogens with zero attached hydrogens (tertiary/aromatic N) is 1. The topological polar surface area (TPSA) is 83.6 Å². The van der Waals surface area contributed by atoms with Crippen LogP contribution in [0.25, 0.3) is 0 Å². The summed E-state index contributed by atoms with van der Waals surface area (Å²) < 4.78 is 23.0. The fourth-order valence-electron chi connectivity index (χ4n) is 2.91. The Kier molecular flexibility index (Phi) is 4.91. The number of carbonyl (C=O) groups excluding carboxylic acids is 2. The fraction of sp³-hybridized carbons (Fsp3) is 0.857. The smallest absolute Gasteiger partial charge is 0.225 e. The maximum Gasteiger partial charge on any atom is 0.225 e. The van der Waals surface area contributed by atoms with Crippen LogP contribution in [-0.4, -0.2) is 55.8 Å². The Bertz CT molecular complexity index is 515. The first-order chi connectivity index (χ1) is 9.78. The van der Waals surface area contributed by atoms with Crippen molar-refractivity contribution >= 4 is 21.7 Å². The largest absolute Gasteiger partial charge is 0.356 e. The van der Waals surface area contributed by atoms with Gasteiger partial charge in [0.15, 0.2) is 9.84 Å². The summed E-state index contributed by atoms with van der Waals surface area (Å²) in [5.74, 6) is 0.185. The molecule has 21 heavy (non-hydrogen) atoms. The average molecular weight is 316 g/mol. The fourth-order valence-corrected chi connectivity index (χ4v) is 4.64. The summed E-state index contributed by atoms with van der Waals surface area (Å²) in [5.41, 5.74) is 0. The molecule has 0 aliphatic carbocycles. The molecule has 1 N–H and O–H groups in total. The lowest BCUT2D eigenvalue weighted by Gasteiger charge is -2.23. The van der Waals surface area contributed by atoms with Crippen molar-refractivity contribution in [3.8, 4) is 0 Å². The molecule has 2 amide bonds. The van der Waals surface area contributed by atoms with Crippen LogP contribution in [0.4, 0.5) is 0 Å². The monoisotopic (exact) mass is 316 g/mol. The van der Waals surface area contributed by atoms with E-state index >= 15 is 0 Å². The van der Waals surface area contributed by atoms with Crippen LogP contribution in [0.5, 0.6) is 0 Å². The molecule has 2 heterocycles. The quantitative estimate of drug-likeness (QED) is 0.784. The van der Waals surface area contributed by atoms with E-state index in [4.69, 9.17) is 0 Å². The van der Waals surface area contributed by atoms with Gasteiger partial charge in [-0.15, -0.1) is 0 Å². The van der Waals surface area contributed by atoms with Crippen molar-refractivity contribution in [2.75, 3.05) is 24.6 Å². The molecule has 0 spiro atoms. The van der Waals surface area contributed by atoms with Crippen molar-refractivity contribution in [2.24, 2.45) is 11.8 Å². The minimum atomic E-state index is -3.01. The predicted molar refractivity (Wildman–Crippen MR) is 79.3 cm³/mol. The summed E-state index contributed by atoms with van der Waals surface area (Å²) in [6.45, 7) is 5.16. The van der Waals surface area contributed by atoms with Gasteiger partial charge in [0, 0.05) is 25.6 Å². The second-order valence-electron chi connectivity index (χ2n) is 6.48. The molecule has 2 fully saturated rings. The zero-order chi connectivity index (χ0) is 15.6. The second-order valence-corrected chi connectivity index (χ2v) is 8.71. The van der Waals surface area contributed by atoms with Crippen LogP contribution < -0.4 is 5.32 Å². The molecule has 2 saturated heterocycles. The zero-order valence-electron chi connectivity index (χ0n) is 12.7. The van der Waals surface area contributed by atoms with Gasteiger partial charge in [-0.25, -0.2) is 8.42 Å². The minimum absolute atomic E-state index is 0.0421. The van der Waals surface area contributed by atoms with Crippen molar-refractivity contribution in [2.45, 2.75) is 39.2 Å². The van der Waals surface area contributed by atoms with Crippen LogP contribution in [0.1, 0.15) is 33.1 Å². The molecule has 120 valence electrons. The Hall–Kier alpha value is -1.11. The van der Waals surface area contributed by atoms with E-state index in [0.717, 1.165) is 6.42 Å². The van der Waals surface area contributed by atoms with Gasteiger partial charge in [-0.3, -0.25) is 9.59 Å². The van der Waals surface area contributed by atoms with E-state index in [1.807, 2.05) is 0 Å². The molecule has 7 heteroatoms. The molecule has 0 aromatic rings. The summed E-state index contributed by atoms with van der Waals surface area (Å²) in [5, 5.41) is 2.87. The van der Waals surface area contributed by atoms with Crippen LogP contribution in [-0.2, 0) is 19.4 Å². The van der Waals surface area contributed by atoms with Gasteiger partial charge < -0.3 is 10.2 Å². The van der Waals surface area contributed by atoms with Crippen LogP contribution in [0.3, 0.4) is 0 Å². The highest BCUT2D eigenvalue weighted by molar-refractivity contribution is 7.91. The van der Waals surface area contributed by atoms with E-state index in [9.17, 15) is 18.0 Å². The highest BCUT2D eigenvalue weighted by Gasteiger charge is 2.41. The van der Waals surface area contributed by atoms with Crippen LogP contribution >= 0.6 is 0 Å². The number of amides is 2. The van der Waals surface area contributed by atoms with E-state index in [1.165, 1.54) is 0 Å². The molecular weight excluding hydrogens is 292 g/mol. The number of hydrogen-bond acceptors (Lipinski definition) is 4. The van der Waals surface area contributed by atoms with Crippen LogP contribution in [0.2, 0.25) is 0 Å². The van der Waals surface area contributed by atoms with Crippen LogP contribution in [0, 0.1) is 11.8 Å². The lowest BCUT2D eigenvalue weighted by Crippen LogP contribution is -2.39. The van der Waals surface area contributed by atoms with E-state index in [2.05, 4.69) is 19.2 Å². The summed E-state index contributed by atoms with van der Waals surface area (Å²) in [6.07, 6.45) is 1.61. The van der Waals surface area contributed by atoms with Gasteiger partial charge in [0.2, 0.25) is 11.8 Å². The van der Waals surface area contributed by atoms with E-state index in [0.29, 0.717) is 25.4 Å². The molecular formula is C14H24N2O4S. The first-order valence-corrected chi connectivity index (χ1v) is 9.38. The van der Waals surface area contributed by atoms with Gasteiger partial charge in [0.05, 0.1) is 17.4 Å². The SMILES string of the molecule is CC(C)CCNC(=O)C1CC(=O)N(C2CCS(=O)(=O)C2)C1. The number of hydrogen-bond donors (Lipinski definition) is 1. The Balaban J connectivity index is 1.86. The molecule has 2 aliphatic rings. The number of nitrogens with one attached hydrogen (secondary N) is 1. The summed E-state index contributed by atoms with van der Waals surface area (Å²) in [4.78, 5) is 25.7. The maximum absolute atomic E-state index is 12.1. The molecule has 6 nitrogen and oxygen atoms in total. The van der Waals surface area contributed by atoms with Crippen molar-refractivity contribution in [3.05, 3.63) is 0 Å². The zero-order valence-corrected chi connectivity index (χ0v) is 13.5. The predicted octanol–water partition coefficient (Wildman–Crippen LogP) is 0.184. The number of rotatable bonds is 5. The minimum Gasteiger partial charge on any atom is -0.356 e. The van der Waals surface area contributed by atoms with Crippen molar-refractivity contribution in [1.29, 1.82) is 0 Å². The third kappa shape index (κ3) is 4.18. The van der Waals surface area contributed by atoms with Crippen molar-refractivity contribution < 1.29 is 18.0 Å². The average Bonchev–Trinajstić information content (AvgIpc) is 2.91. The Labute approximate surface area is 126 Å². The van der Waals surface area contributed by atoms with Crippen LogP contribution in [0.15, 0.2) is 0 Å². The van der Waals surface area contributed by atoms with E-state index < -0.39 is 9.84 Å². The third-order valence-corrected chi connectivity index (χ3v) is 5.95. The first kappa shape index (κ1) is 16.3. The molecule has 2 aliphatic heterocycles. The molecule has 0 radical (unpaired) electrons. The van der Waals surface area contributed by atoms with Gasteiger partial charge in [-0.1, -0.05) is 13.8 Å². The maximum atomic E-state index is 12.1. The Morgan fingerprint density at radius 2 is 2.14 bits per heavy atom. The van der Waals surface area contributed by atoms with Crippen molar-refractivity contribution in [1.82, 2.24) is 10.2 Å². The van der Waals surface area contributed by atoms with Gasteiger partial charge in [-0.2, -0.15) is 0 Å². The van der Waals surface area contributed by atoms with Gasteiger partial charge in [0.1, 0.15) is 0 Å². The van der Waals surface area contributed by atoms with Gasteiger partial charge in [-0.05, 0) is 18.8 Å². The summed E-state index contributed by atoms with van der Waals surface area (Å²) in [7, 11) is -3.01. The number of sulfone groups is 1. The van der Waals surface area contributed by atoms with E-state index in [1.54, 1.807) is 4.90 Å². The lowest BCUT2D eigenvalue weighted by molar-refractivity contribution is -0.130. The molecule has 2 atom stereocenters. The molecule has 0 saturated carbocycles. The van der Waals surface area contributed by atoms with E-state index in [-0.39, 0.29) is 41.7 Å². The van der Waals surface area contributed by atoms with Gasteiger partial charge >= 0.3 is 0 Å². The number of likely N-dealkylation sites (tertiary alicyclic amines) is 1. The molecule has 0 aromatic heterocycles. The first-order valence-electron chi connectivity index (χ1n) is 7.56. The highest BCUT2D eigenvalue weighted by Crippen LogP contribution is 2.26. The summed E-state index contributed by atoms with van der Waals surface area (Å²) >= 11 is 0. The lowest BCUT2D eigenvalue weighted by atomic mass is 10.1.